The van der Waals surface area contributed by atoms with Crippen LogP contribution in [0.25, 0.3) is 0 Å². The van der Waals surface area contributed by atoms with Crippen LogP contribution in [-0.4, -0.2) is 52.5 Å². The van der Waals surface area contributed by atoms with Crippen molar-refractivity contribution in [3.05, 3.63) is 60.2 Å². The molecule has 0 aliphatic carbocycles. The topological polar surface area (TPSA) is 111 Å². The number of piperazine rings is 1. The van der Waals surface area contributed by atoms with Crippen LogP contribution in [0.5, 0.6) is 5.75 Å². The fourth-order valence-electron chi connectivity index (χ4n) is 3.84. The van der Waals surface area contributed by atoms with E-state index in [0.717, 1.165) is 5.56 Å². The summed E-state index contributed by atoms with van der Waals surface area (Å²) in [5, 5.41) is 17.8. The number of phenolic OH excluding ortho intramolecular Hbond substituents is 1. The Balaban J connectivity index is 1.37. The Morgan fingerprint density at radius 1 is 1.10 bits per heavy atom. The van der Waals surface area contributed by atoms with E-state index in [-0.39, 0.29) is 29.6 Å². The first-order chi connectivity index (χ1) is 14.0. The molecule has 0 aromatic heterocycles. The number of amides is 4. The number of carbonyl (C=O) groups is 3. The maximum atomic E-state index is 12.9. The van der Waals surface area contributed by atoms with Crippen LogP contribution in [0.15, 0.2) is 54.6 Å². The van der Waals surface area contributed by atoms with E-state index in [4.69, 9.17) is 0 Å². The van der Waals surface area contributed by atoms with Crippen molar-refractivity contribution in [3.63, 3.8) is 0 Å². The summed E-state index contributed by atoms with van der Waals surface area (Å²) >= 11 is 0. The van der Waals surface area contributed by atoms with Gasteiger partial charge in [0.1, 0.15) is 17.8 Å². The summed E-state index contributed by atoms with van der Waals surface area (Å²) in [6.07, 6.45) is 0.729. The molecular formula is C21H22N4O4. The molecule has 0 unspecified atom stereocenters. The molecular weight excluding hydrogens is 372 g/mol. The Labute approximate surface area is 167 Å². The number of anilines is 1. The highest BCUT2D eigenvalue weighted by molar-refractivity contribution is 5.98. The number of para-hydroxylation sites is 1. The SMILES string of the molecule is O=C(Nc1ccccc1)N[C@H]1C[C@H]2C(=O)N[C@@H](Cc3ccc(O)cc3)C(=O)N2C1. The van der Waals surface area contributed by atoms with Crippen LogP contribution >= 0.6 is 0 Å². The molecule has 2 saturated heterocycles. The van der Waals surface area contributed by atoms with Gasteiger partial charge < -0.3 is 26.0 Å². The lowest BCUT2D eigenvalue weighted by molar-refractivity contribution is -0.147. The molecule has 4 rings (SSSR count). The van der Waals surface area contributed by atoms with E-state index in [9.17, 15) is 19.5 Å². The van der Waals surface area contributed by atoms with E-state index < -0.39 is 12.1 Å². The minimum Gasteiger partial charge on any atom is -0.508 e. The molecule has 0 saturated carbocycles. The first kappa shape index (κ1) is 18.8. The first-order valence-corrected chi connectivity index (χ1v) is 9.51. The summed E-state index contributed by atoms with van der Waals surface area (Å²) in [5.41, 5.74) is 1.51. The molecule has 0 bridgehead atoms. The van der Waals surface area contributed by atoms with E-state index in [2.05, 4.69) is 16.0 Å². The number of benzene rings is 2. The first-order valence-electron chi connectivity index (χ1n) is 9.51. The van der Waals surface area contributed by atoms with Crippen molar-refractivity contribution >= 4 is 23.5 Å². The number of rotatable bonds is 4. The third-order valence-corrected chi connectivity index (χ3v) is 5.24. The van der Waals surface area contributed by atoms with Gasteiger partial charge in [-0.3, -0.25) is 9.59 Å². The van der Waals surface area contributed by atoms with Crippen molar-refractivity contribution in [2.24, 2.45) is 0 Å². The number of urea groups is 1. The molecule has 4 N–H and O–H groups in total. The molecule has 2 aliphatic heterocycles. The van der Waals surface area contributed by atoms with Gasteiger partial charge in [0.05, 0.1) is 6.04 Å². The van der Waals surface area contributed by atoms with Crippen molar-refractivity contribution in [1.29, 1.82) is 0 Å². The fourth-order valence-corrected chi connectivity index (χ4v) is 3.84. The molecule has 3 atom stereocenters. The van der Waals surface area contributed by atoms with Crippen LogP contribution in [0.1, 0.15) is 12.0 Å². The van der Waals surface area contributed by atoms with Crippen molar-refractivity contribution in [2.45, 2.75) is 31.0 Å². The third-order valence-electron chi connectivity index (χ3n) is 5.24. The van der Waals surface area contributed by atoms with Gasteiger partial charge in [-0.2, -0.15) is 0 Å². The quantitative estimate of drug-likeness (QED) is 0.625. The zero-order chi connectivity index (χ0) is 20.4. The fraction of sp³-hybridized carbons (Fsp3) is 0.286. The van der Waals surface area contributed by atoms with Crippen molar-refractivity contribution in [3.8, 4) is 5.75 Å². The molecule has 0 radical (unpaired) electrons. The van der Waals surface area contributed by atoms with Crippen molar-refractivity contribution in [1.82, 2.24) is 15.5 Å². The number of hydrogen-bond donors (Lipinski definition) is 4. The highest BCUT2D eigenvalue weighted by atomic mass is 16.3. The van der Waals surface area contributed by atoms with E-state index in [1.54, 1.807) is 41.3 Å². The standard InChI is InChI=1S/C21H22N4O4/c26-16-8-6-13(7-9-16)10-17-20(28)25-12-15(11-18(25)19(27)24-17)23-21(29)22-14-4-2-1-3-5-14/h1-9,15,17-18,26H,10-12H2,(H,24,27)(H2,22,23,29)/t15-,17-,18-/m0/s1. The Morgan fingerprint density at radius 3 is 2.55 bits per heavy atom. The summed E-state index contributed by atoms with van der Waals surface area (Å²) in [7, 11) is 0. The monoisotopic (exact) mass is 394 g/mol. The van der Waals surface area contributed by atoms with Gasteiger partial charge in [-0.05, 0) is 36.2 Å². The molecule has 8 heteroatoms. The molecule has 4 amide bonds. The second kappa shape index (κ2) is 7.83. The van der Waals surface area contributed by atoms with Gasteiger partial charge in [-0.25, -0.2) is 4.79 Å². The number of carbonyl (C=O) groups excluding carboxylic acids is 3. The summed E-state index contributed by atoms with van der Waals surface area (Å²) in [6, 6.07) is 13.7. The number of aromatic hydroxyl groups is 1. The molecule has 0 spiro atoms. The number of fused-ring (bicyclic) bond motifs is 1. The minimum absolute atomic E-state index is 0.148. The van der Waals surface area contributed by atoms with Gasteiger partial charge in [0.25, 0.3) is 0 Å². The predicted octanol–water partition coefficient (Wildman–Crippen LogP) is 1.22. The third kappa shape index (κ3) is 4.16. The summed E-state index contributed by atoms with van der Waals surface area (Å²) < 4.78 is 0. The maximum Gasteiger partial charge on any atom is 0.319 e. The Bertz CT molecular complexity index is 916. The lowest BCUT2D eigenvalue weighted by atomic mass is 10.0. The smallest absolute Gasteiger partial charge is 0.319 e. The Kier molecular flexibility index (Phi) is 5.07. The number of nitrogens with zero attached hydrogens (tertiary/aromatic N) is 1. The molecule has 2 heterocycles. The molecule has 2 aliphatic rings. The second-order valence-corrected chi connectivity index (χ2v) is 7.34. The van der Waals surface area contributed by atoms with Crippen LogP contribution in [0, 0.1) is 0 Å². The van der Waals surface area contributed by atoms with Crippen molar-refractivity contribution < 1.29 is 19.5 Å². The maximum absolute atomic E-state index is 12.9. The molecule has 29 heavy (non-hydrogen) atoms. The van der Waals surface area contributed by atoms with Gasteiger partial charge in [0, 0.05) is 18.7 Å². The summed E-state index contributed by atoms with van der Waals surface area (Å²) in [5.74, 6) is -0.216. The minimum atomic E-state index is -0.653. The lowest BCUT2D eigenvalue weighted by Crippen LogP contribution is -2.61. The predicted molar refractivity (Wildman–Crippen MR) is 106 cm³/mol. The molecule has 150 valence electrons. The van der Waals surface area contributed by atoms with Gasteiger partial charge in [-0.1, -0.05) is 30.3 Å². The van der Waals surface area contributed by atoms with E-state index in [1.807, 2.05) is 18.2 Å². The van der Waals surface area contributed by atoms with Gasteiger partial charge >= 0.3 is 6.03 Å². The normalized spacial score (nSPS) is 23.3. The highest BCUT2D eigenvalue weighted by Crippen LogP contribution is 2.24. The van der Waals surface area contributed by atoms with Crippen LogP contribution in [0.4, 0.5) is 10.5 Å². The molecule has 2 aromatic carbocycles. The average molecular weight is 394 g/mol. The molecule has 2 fully saturated rings. The Morgan fingerprint density at radius 2 is 1.83 bits per heavy atom. The van der Waals surface area contributed by atoms with E-state index in [0.29, 0.717) is 25.1 Å². The highest BCUT2D eigenvalue weighted by Gasteiger charge is 2.46. The van der Waals surface area contributed by atoms with Crippen LogP contribution < -0.4 is 16.0 Å². The summed E-state index contributed by atoms with van der Waals surface area (Å²) in [4.78, 5) is 39.2. The van der Waals surface area contributed by atoms with Gasteiger partial charge in [0.2, 0.25) is 11.8 Å². The largest absolute Gasteiger partial charge is 0.508 e. The summed E-state index contributed by atoms with van der Waals surface area (Å²) in [6.45, 7) is 0.297. The van der Waals surface area contributed by atoms with E-state index >= 15 is 0 Å². The zero-order valence-corrected chi connectivity index (χ0v) is 15.7. The van der Waals surface area contributed by atoms with Crippen molar-refractivity contribution in [2.75, 3.05) is 11.9 Å². The average Bonchev–Trinajstić information content (AvgIpc) is 3.13. The number of phenols is 1. The number of hydrogen-bond acceptors (Lipinski definition) is 4. The van der Waals surface area contributed by atoms with Crippen LogP contribution in [-0.2, 0) is 16.0 Å². The van der Waals surface area contributed by atoms with Crippen LogP contribution in [0.2, 0.25) is 0 Å². The second-order valence-electron chi connectivity index (χ2n) is 7.34. The Hall–Kier alpha value is -3.55. The van der Waals surface area contributed by atoms with Crippen LogP contribution in [0.3, 0.4) is 0 Å². The lowest BCUT2D eigenvalue weighted by Gasteiger charge is -2.34. The zero-order valence-electron chi connectivity index (χ0n) is 15.7. The van der Waals surface area contributed by atoms with Gasteiger partial charge in [0.15, 0.2) is 0 Å². The van der Waals surface area contributed by atoms with E-state index in [1.165, 1.54) is 0 Å². The van der Waals surface area contributed by atoms with Gasteiger partial charge in [-0.15, -0.1) is 0 Å². The molecule has 8 nitrogen and oxygen atoms in total. The molecule has 2 aromatic rings. The number of nitrogens with one attached hydrogen (secondary N) is 3.